The normalized spacial score (nSPS) is 18.4. The average molecular weight is 437 g/mol. The molecule has 1 aliphatic heterocycles. The van der Waals surface area contributed by atoms with Crippen molar-refractivity contribution in [1.29, 1.82) is 0 Å². The van der Waals surface area contributed by atoms with Gasteiger partial charge in [0.2, 0.25) is 0 Å². The van der Waals surface area contributed by atoms with Gasteiger partial charge in [-0.2, -0.15) is 0 Å². The minimum atomic E-state index is 0. The molecule has 2 aromatic carbocycles. The Bertz CT molecular complexity index is 863. The minimum absolute atomic E-state index is 0. The summed E-state index contributed by atoms with van der Waals surface area (Å²) in [6.07, 6.45) is 3.74. The highest BCUT2D eigenvalue weighted by molar-refractivity contribution is 5.85. The van der Waals surface area contributed by atoms with Gasteiger partial charge in [-0.3, -0.25) is 0 Å². The van der Waals surface area contributed by atoms with Crippen LogP contribution in [0.4, 0.5) is 0 Å². The second-order valence-corrected chi connectivity index (χ2v) is 6.69. The SMILES string of the molecule is COc1ccc(-n2ncnn2)cc1CN[C@H]1CCCN[C@H]1c1ccccc1.Cl.Cl. The Balaban J connectivity index is 0.00000150. The summed E-state index contributed by atoms with van der Waals surface area (Å²) in [5.41, 5.74) is 3.26. The molecule has 0 spiro atoms. The molecular weight excluding hydrogens is 411 g/mol. The predicted molar refractivity (Wildman–Crippen MR) is 117 cm³/mol. The number of nitrogens with one attached hydrogen (secondary N) is 2. The van der Waals surface area contributed by atoms with Gasteiger partial charge in [-0.15, -0.1) is 39.8 Å². The van der Waals surface area contributed by atoms with Gasteiger partial charge >= 0.3 is 0 Å². The molecule has 0 radical (unpaired) electrons. The number of aromatic nitrogens is 4. The molecule has 9 heteroatoms. The summed E-state index contributed by atoms with van der Waals surface area (Å²) >= 11 is 0. The first-order valence-corrected chi connectivity index (χ1v) is 9.27. The van der Waals surface area contributed by atoms with Gasteiger partial charge in [0.25, 0.3) is 0 Å². The maximum absolute atomic E-state index is 5.55. The van der Waals surface area contributed by atoms with Gasteiger partial charge in [-0.1, -0.05) is 30.3 Å². The third kappa shape index (κ3) is 5.45. The van der Waals surface area contributed by atoms with Crippen LogP contribution in [0.5, 0.6) is 5.75 Å². The Kier molecular flexibility index (Phi) is 8.85. The third-order valence-corrected chi connectivity index (χ3v) is 5.02. The number of tetrazole rings is 1. The zero-order chi connectivity index (χ0) is 18.5. The predicted octanol–water partition coefficient (Wildman–Crippen LogP) is 3.10. The van der Waals surface area contributed by atoms with E-state index in [2.05, 4.69) is 56.4 Å². The first-order chi connectivity index (χ1) is 13.3. The molecule has 29 heavy (non-hydrogen) atoms. The Morgan fingerprint density at radius 1 is 1.17 bits per heavy atom. The van der Waals surface area contributed by atoms with Crippen LogP contribution in [0.25, 0.3) is 5.69 Å². The average Bonchev–Trinajstić information content (AvgIpc) is 3.28. The van der Waals surface area contributed by atoms with Gasteiger partial charge in [-0.05, 0) is 48.4 Å². The Labute approximate surface area is 183 Å². The molecule has 0 amide bonds. The number of methoxy groups -OCH3 is 1. The van der Waals surface area contributed by atoms with Gasteiger partial charge in [-0.25, -0.2) is 0 Å². The number of halogens is 2. The molecule has 7 nitrogen and oxygen atoms in total. The number of rotatable bonds is 6. The van der Waals surface area contributed by atoms with Crippen molar-refractivity contribution in [3.8, 4) is 11.4 Å². The lowest BCUT2D eigenvalue weighted by Crippen LogP contribution is -2.45. The van der Waals surface area contributed by atoms with E-state index in [-0.39, 0.29) is 24.8 Å². The van der Waals surface area contributed by atoms with Gasteiger partial charge < -0.3 is 15.4 Å². The highest BCUT2D eigenvalue weighted by Crippen LogP contribution is 2.26. The monoisotopic (exact) mass is 436 g/mol. The summed E-state index contributed by atoms with van der Waals surface area (Å²) < 4.78 is 5.55. The van der Waals surface area contributed by atoms with E-state index in [1.54, 1.807) is 7.11 Å². The third-order valence-electron chi connectivity index (χ3n) is 5.02. The van der Waals surface area contributed by atoms with Crippen molar-refractivity contribution in [1.82, 2.24) is 30.8 Å². The van der Waals surface area contributed by atoms with E-state index < -0.39 is 0 Å². The lowest BCUT2D eigenvalue weighted by atomic mass is 9.92. The van der Waals surface area contributed by atoms with Crippen LogP contribution in [-0.4, -0.2) is 39.9 Å². The van der Waals surface area contributed by atoms with Crippen molar-refractivity contribution in [2.75, 3.05) is 13.7 Å². The maximum Gasteiger partial charge on any atom is 0.162 e. The van der Waals surface area contributed by atoms with E-state index in [0.29, 0.717) is 18.6 Å². The van der Waals surface area contributed by atoms with Gasteiger partial charge in [0, 0.05) is 24.2 Å². The highest BCUT2D eigenvalue weighted by Gasteiger charge is 2.25. The topological polar surface area (TPSA) is 76.9 Å². The lowest BCUT2D eigenvalue weighted by molar-refractivity contribution is 0.303. The first-order valence-electron chi connectivity index (χ1n) is 9.27. The molecule has 1 aliphatic rings. The van der Waals surface area contributed by atoms with Crippen molar-refractivity contribution in [3.63, 3.8) is 0 Å². The largest absolute Gasteiger partial charge is 0.496 e. The molecule has 2 N–H and O–H groups in total. The van der Waals surface area contributed by atoms with Crippen molar-refractivity contribution in [3.05, 3.63) is 66.0 Å². The number of hydrogen-bond acceptors (Lipinski definition) is 6. The molecule has 1 saturated heterocycles. The quantitative estimate of drug-likeness (QED) is 0.617. The summed E-state index contributed by atoms with van der Waals surface area (Å²) in [6, 6.07) is 17.2. The molecule has 3 aromatic rings. The smallest absolute Gasteiger partial charge is 0.162 e. The first kappa shape index (κ1) is 23.1. The fourth-order valence-corrected chi connectivity index (χ4v) is 3.67. The highest BCUT2D eigenvalue weighted by atomic mass is 35.5. The van der Waals surface area contributed by atoms with Gasteiger partial charge in [0.05, 0.1) is 12.8 Å². The lowest BCUT2D eigenvalue weighted by Gasteiger charge is -2.34. The van der Waals surface area contributed by atoms with E-state index in [0.717, 1.165) is 30.0 Å². The fourth-order valence-electron chi connectivity index (χ4n) is 3.67. The standard InChI is InChI=1S/C20H24N6O.2ClH/c1-27-19-10-9-17(26-24-14-23-25-26)12-16(19)13-22-18-8-5-11-21-20(18)15-6-3-2-4-7-15;;/h2-4,6-7,9-10,12,14,18,20-22H,5,8,11,13H2,1H3;2*1H/t18-,20-;;/m0../s1. The molecule has 2 atom stereocenters. The summed E-state index contributed by atoms with van der Waals surface area (Å²) in [5, 5.41) is 19.2. The molecular formula is C20H26Cl2N6O. The van der Waals surface area contributed by atoms with Gasteiger partial charge in [0.1, 0.15) is 5.75 Å². The summed E-state index contributed by atoms with van der Waals surface area (Å²) in [6.45, 7) is 1.76. The molecule has 4 rings (SSSR count). The van der Waals surface area contributed by atoms with E-state index in [1.807, 2.05) is 18.2 Å². The van der Waals surface area contributed by atoms with Crippen molar-refractivity contribution >= 4 is 24.8 Å². The zero-order valence-corrected chi connectivity index (χ0v) is 17.8. The zero-order valence-electron chi connectivity index (χ0n) is 16.2. The van der Waals surface area contributed by atoms with E-state index in [4.69, 9.17) is 4.74 Å². The second-order valence-electron chi connectivity index (χ2n) is 6.69. The van der Waals surface area contributed by atoms with Crippen molar-refractivity contribution in [2.24, 2.45) is 0 Å². The summed E-state index contributed by atoms with van der Waals surface area (Å²) in [5.74, 6) is 0.853. The van der Waals surface area contributed by atoms with Crippen molar-refractivity contribution in [2.45, 2.75) is 31.5 Å². The Morgan fingerprint density at radius 2 is 2.00 bits per heavy atom. The number of hydrogen-bond donors (Lipinski definition) is 2. The molecule has 0 saturated carbocycles. The summed E-state index contributed by atoms with van der Waals surface area (Å²) in [4.78, 5) is 1.51. The van der Waals surface area contributed by atoms with Gasteiger partial charge in [0.15, 0.2) is 6.33 Å². The Morgan fingerprint density at radius 3 is 2.72 bits per heavy atom. The molecule has 0 bridgehead atoms. The minimum Gasteiger partial charge on any atom is -0.496 e. The number of benzene rings is 2. The number of nitrogens with zero attached hydrogens (tertiary/aromatic N) is 4. The van der Waals surface area contributed by atoms with Crippen LogP contribution in [0.1, 0.15) is 30.0 Å². The second kappa shape index (κ2) is 11.1. The molecule has 156 valence electrons. The molecule has 0 aliphatic carbocycles. The van der Waals surface area contributed by atoms with Crippen LogP contribution in [-0.2, 0) is 6.54 Å². The maximum atomic E-state index is 5.55. The van der Waals surface area contributed by atoms with Crippen LogP contribution in [0.15, 0.2) is 54.9 Å². The molecule has 1 aromatic heterocycles. The van der Waals surface area contributed by atoms with E-state index >= 15 is 0 Å². The van der Waals surface area contributed by atoms with Crippen LogP contribution >= 0.6 is 24.8 Å². The van der Waals surface area contributed by atoms with Crippen LogP contribution in [0.3, 0.4) is 0 Å². The molecule has 2 heterocycles. The fraction of sp³-hybridized carbons (Fsp3) is 0.350. The molecule has 0 unspecified atom stereocenters. The van der Waals surface area contributed by atoms with E-state index in [1.165, 1.54) is 23.1 Å². The molecule has 1 fully saturated rings. The van der Waals surface area contributed by atoms with Crippen LogP contribution in [0, 0.1) is 0 Å². The summed E-state index contributed by atoms with van der Waals surface area (Å²) in [7, 11) is 1.70. The number of ether oxygens (including phenoxy) is 1. The van der Waals surface area contributed by atoms with E-state index in [9.17, 15) is 0 Å². The van der Waals surface area contributed by atoms with Crippen LogP contribution < -0.4 is 15.4 Å². The van der Waals surface area contributed by atoms with Crippen LogP contribution in [0.2, 0.25) is 0 Å². The Hall–Kier alpha value is -2.19. The number of piperidine rings is 1. The van der Waals surface area contributed by atoms with Crippen molar-refractivity contribution < 1.29 is 4.74 Å².